The van der Waals surface area contributed by atoms with Crippen LogP contribution in [0.1, 0.15) is 20.8 Å². The second-order valence-corrected chi connectivity index (χ2v) is 5.53. The van der Waals surface area contributed by atoms with Gasteiger partial charge in [0.2, 0.25) is 0 Å². The number of carbonyl (C=O) groups excluding carboxylic acids is 2. The summed E-state index contributed by atoms with van der Waals surface area (Å²) in [6.07, 6.45) is -5.31. The van der Waals surface area contributed by atoms with Crippen LogP contribution in [0.5, 0.6) is 0 Å². The van der Waals surface area contributed by atoms with Gasteiger partial charge in [-0.25, -0.2) is 9.59 Å². The average molecular weight is 314 g/mol. The molecule has 124 valence electrons. The van der Waals surface area contributed by atoms with Crippen LogP contribution in [0.2, 0.25) is 0 Å². The number of carbonyl (C=O) groups is 2. The molecule has 0 unspecified atom stereocenters. The number of rotatable bonds is 5. The predicted octanol–water partition coefficient (Wildman–Crippen LogP) is 1.55. The molecule has 0 aliphatic rings. The molecule has 0 aromatic carbocycles. The van der Waals surface area contributed by atoms with E-state index in [-0.39, 0.29) is 6.54 Å². The normalized spacial score (nSPS) is 13.8. The molecule has 9 heteroatoms. The number of methoxy groups -OCH3 is 1. The molecule has 0 aliphatic heterocycles. The first-order chi connectivity index (χ1) is 9.34. The first kappa shape index (κ1) is 19.5. The summed E-state index contributed by atoms with van der Waals surface area (Å²) in [7, 11) is 2.26. The number of nitrogens with one attached hydrogen (secondary N) is 1. The number of ether oxygens (including phenoxy) is 2. The summed E-state index contributed by atoms with van der Waals surface area (Å²) in [4.78, 5) is 23.9. The highest BCUT2D eigenvalue weighted by Gasteiger charge is 2.32. The summed E-state index contributed by atoms with van der Waals surface area (Å²) < 4.78 is 46.2. The van der Waals surface area contributed by atoms with Gasteiger partial charge in [0, 0.05) is 6.54 Å². The Balaban J connectivity index is 4.67. The van der Waals surface area contributed by atoms with E-state index in [0.717, 1.165) is 12.0 Å². The predicted molar refractivity (Wildman–Crippen MR) is 68.7 cm³/mol. The third-order valence-electron chi connectivity index (χ3n) is 2.12. The Bertz CT molecular complexity index is 366. The van der Waals surface area contributed by atoms with Crippen molar-refractivity contribution in [2.24, 2.45) is 0 Å². The number of alkyl carbamates (subject to hydrolysis) is 1. The van der Waals surface area contributed by atoms with Crippen molar-refractivity contribution < 1.29 is 32.2 Å². The second kappa shape index (κ2) is 7.48. The lowest BCUT2D eigenvalue weighted by Gasteiger charge is -2.25. The van der Waals surface area contributed by atoms with Crippen LogP contribution in [0.15, 0.2) is 0 Å². The van der Waals surface area contributed by atoms with Gasteiger partial charge >= 0.3 is 18.2 Å². The molecule has 21 heavy (non-hydrogen) atoms. The van der Waals surface area contributed by atoms with Gasteiger partial charge in [-0.05, 0) is 27.8 Å². The summed E-state index contributed by atoms with van der Waals surface area (Å²) in [6, 6.07) is -1.25. The SMILES string of the molecule is COC(=O)[C@H](CN(C)CC(F)(F)F)NC(=O)OC(C)(C)C. The molecular weight excluding hydrogens is 293 g/mol. The molecule has 0 aliphatic carbocycles. The number of likely N-dealkylation sites (N-methyl/N-ethyl adjacent to an activating group) is 1. The zero-order chi connectivity index (χ0) is 16.8. The number of nitrogens with zero attached hydrogens (tertiary/aromatic N) is 1. The number of hydrogen-bond acceptors (Lipinski definition) is 5. The van der Waals surface area contributed by atoms with Crippen LogP contribution < -0.4 is 5.32 Å². The van der Waals surface area contributed by atoms with E-state index in [2.05, 4.69) is 10.1 Å². The monoisotopic (exact) mass is 314 g/mol. The number of halogens is 3. The highest BCUT2D eigenvalue weighted by Crippen LogP contribution is 2.15. The Kier molecular flexibility index (Phi) is 6.95. The molecule has 0 saturated heterocycles. The van der Waals surface area contributed by atoms with Crippen molar-refractivity contribution in [3.8, 4) is 0 Å². The van der Waals surface area contributed by atoms with Crippen molar-refractivity contribution in [2.75, 3.05) is 27.2 Å². The van der Waals surface area contributed by atoms with Crippen molar-refractivity contribution in [1.82, 2.24) is 10.2 Å². The third kappa shape index (κ3) is 9.94. The summed E-state index contributed by atoms with van der Waals surface area (Å²) >= 11 is 0. The smallest absolute Gasteiger partial charge is 0.408 e. The number of amides is 1. The number of hydrogen-bond donors (Lipinski definition) is 1. The van der Waals surface area contributed by atoms with E-state index in [1.165, 1.54) is 7.05 Å². The molecule has 0 fully saturated rings. The highest BCUT2D eigenvalue weighted by molar-refractivity contribution is 5.81. The largest absolute Gasteiger partial charge is 0.467 e. The Morgan fingerprint density at radius 3 is 2.14 bits per heavy atom. The average Bonchev–Trinajstić information content (AvgIpc) is 2.21. The molecule has 0 rings (SSSR count). The van der Waals surface area contributed by atoms with Crippen LogP contribution >= 0.6 is 0 Å². The topological polar surface area (TPSA) is 67.9 Å². The Labute approximate surface area is 121 Å². The van der Waals surface area contributed by atoms with Crippen LogP contribution in [-0.2, 0) is 14.3 Å². The molecule has 0 heterocycles. The Morgan fingerprint density at radius 2 is 1.76 bits per heavy atom. The minimum atomic E-state index is -4.40. The first-order valence-electron chi connectivity index (χ1n) is 6.16. The molecule has 0 aromatic heterocycles. The van der Waals surface area contributed by atoms with Gasteiger partial charge in [-0.2, -0.15) is 13.2 Å². The van der Waals surface area contributed by atoms with Gasteiger partial charge in [0.05, 0.1) is 13.7 Å². The van der Waals surface area contributed by atoms with E-state index in [1.807, 2.05) is 0 Å². The molecule has 1 atom stereocenters. The van der Waals surface area contributed by atoms with E-state index >= 15 is 0 Å². The van der Waals surface area contributed by atoms with Crippen LogP contribution in [0.25, 0.3) is 0 Å². The van der Waals surface area contributed by atoms with E-state index in [9.17, 15) is 22.8 Å². The van der Waals surface area contributed by atoms with Crippen molar-refractivity contribution >= 4 is 12.1 Å². The maximum absolute atomic E-state index is 12.3. The van der Waals surface area contributed by atoms with Crippen molar-refractivity contribution in [1.29, 1.82) is 0 Å². The van der Waals surface area contributed by atoms with E-state index in [4.69, 9.17) is 4.74 Å². The molecule has 0 bridgehead atoms. The zero-order valence-corrected chi connectivity index (χ0v) is 12.7. The fraction of sp³-hybridized carbons (Fsp3) is 0.833. The fourth-order valence-corrected chi connectivity index (χ4v) is 1.45. The first-order valence-corrected chi connectivity index (χ1v) is 6.16. The van der Waals surface area contributed by atoms with Gasteiger partial charge in [-0.15, -0.1) is 0 Å². The lowest BCUT2D eigenvalue weighted by atomic mass is 10.2. The summed E-state index contributed by atoms with van der Waals surface area (Å²) in [5.74, 6) is -0.852. The zero-order valence-electron chi connectivity index (χ0n) is 12.7. The van der Waals surface area contributed by atoms with E-state index in [0.29, 0.717) is 0 Å². The maximum Gasteiger partial charge on any atom is 0.408 e. The van der Waals surface area contributed by atoms with Gasteiger partial charge in [0.25, 0.3) is 0 Å². The van der Waals surface area contributed by atoms with Crippen LogP contribution in [0, 0.1) is 0 Å². The van der Waals surface area contributed by atoms with Crippen LogP contribution in [0.3, 0.4) is 0 Å². The van der Waals surface area contributed by atoms with E-state index < -0.39 is 36.4 Å². The summed E-state index contributed by atoms with van der Waals surface area (Å²) in [6.45, 7) is 3.29. The van der Waals surface area contributed by atoms with Crippen LogP contribution in [0.4, 0.5) is 18.0 Å². The van der Waals surface area contributed by atoms with Gasteiger partial charge in [-0.1, -0.05) is 0 Å². The molecule has 0 aromatic rings. The Hall–Kier alpha value is -1.51. The van der Waals surface area contributed by atoms with Crippen LogP contribution in [-0.4, -0.2) is 62.0 Å². The summed E-state index contributed by atoms with van der Waals surface area (Å²) in [5.41, 5.74) is -0.789. The minimum Gasteiger partial charge on any atom is -0.467 e. The van der Waals surface area contributed by atoms with Crippen molar-refractivity contribution in [3.63, 3.8) is 0 Å². The Morgan fingerprint density at radius 1 is 1.24 bits per heavy atom. The lowest BCUT2D eigenvalue weighted by molar-refractivity contribution is -0.150. The third-order valence-corrected chi connectivity index (χ3v) is 2.12. The van der Waals surface area contributed by atoms with Crippen molar-refractivity contribution in [2.45, 2.75) is 38.6 Å². The molecular formula is C12H21F3N2O4. The maximum atomic E-state index is 12.3. The second-order valence-electron chi connectivity index (χ2n) is 5.53. The van der Waals surface area contributed by atoms with E-state index in [1.54, 1.807) is 20.8 Å². The lowest BCUT2D eigenvalue weighted by Crippen LogP contribution is -2.50. The molecule has 0 saturated carbocycles. The quantitative estimate of drug-likeness (QED) is 0.780. The standard InChI is InChI=1S/C12H21F3N2O4/c1-11(2,3)21-10(19)16-8(9(18)20-5)6-17(4)7-12(13,14)15/h8H,6-7H2,1-5H3,(H,16,19)/t8-/m0/s1. The molecule has 6 nitrogen and oxygen atoms in total. The summed E-state index contributed by atoms with van der Waals surface area (Å²) in [5, 5.41) is 2.20. The van der Waals surface area contributed by atoms with Gasteiger partial charge < -0.3 is 14.8 Å². The molecule has 0 spiro atoms. The molecule has 1 amide bonds. The van der Waals surface area contributed by atoms with Gasteiger partial charge in [0.15, 0.2) is 0 Å². The number of alkyl halides is 3. The van der Waals surface area contributed by atoms with Gasteiger partial charge in [0.1, 0.15) is 11.6 Å². The van der Waals surface area contributed by atoms with Gasteiger partial charge in [-0.3, -0.25) is 4.90 Å². The fourth-order valence-electron chi connectivity index (χ4n) is 1.45. The highest BCUT2D eigenvalue weighted by atomic mass is 19.4. The molecule has 1 N–H and O–H groups in total. The minimum absolute atomic E-state index is 0.356. The van der Waals surface area contributed by atoms with Crippen molar-refractivity contribution in [3.05, 3.63) is 0 Å². The number of esters is 1. The molecule has 0 radical (unpaired) electrons.